The Morgan fingerprint density at radius 3 is 2.55 bits per heavy atom. The molecule has 3 rings (SSSR count). The maximum atomic E-state index is 12.4. The van der Waals surface area contributed by atoms with Crippen molar-refractivity contribution in [3.05, 3.63) is 24.3 Å². The highest BCUT2D eigenvalue weighted by Crippen LogP contribution is 2.41. The van der Waals surface area contributed by atoms with E-state index in [4.69, 9.17) is 0 Å². The van der Waals surface area contributed by atoms with E-state index in [0.29, 0.717) is 18.7 Å². The van der Waals surface area contributed by atoms with E-state index >= 15 is 0 Å². The maximum Gasteiger partial charge on any atom is 0.227 e. The highest BCUT2D eigenvalue weighted by Gasteiger charge is 2.44. The Bertz CT molecular complexity index is 669. The molecule has 122 valence electrons. The highest BCUT2D eigenvalue weighted by molar-refractivity contribution is 7.90. The fraction of sp³-hybridized carbons (Fsp3) is 0.533. The summed E-state index contributed by atoms with van der Waals surface area (Å²) in [6.07, 6.45) is 3.76. The van der Waals surface area contributed by atoms with E-state index in [-0.39, 0.29) is 28.6 Å². The summed E-state index contributed by atoms with van der Waals surface area (Å²) in [5, 5.41) is 3.33. The molecule has 2 heterocycles. The third kappa shape index (κ3) is 3.29. The van der Waals surface area contributed by atoms with Gasteiger partial charge in [0.05, 0.1) is 4.90 Å². The zero-order valence-corrected chi connectivity index (χ0v) is 14.2. The normalized spacial score (nSPS) is 21.0. The largest absolute Gasteiger partial charge is 0.317 e. The van der Waals surface area contributed by atoms with Crippen LogP contribution >= 0.6 is 12.4 Å². The predicted molar refractivity (Wildman–Crippen MR) is 88.3 cm³/mol. The molecular weight excluding hydrogens is 324 g/mol. The van der Waals surface area contributed by atoms with Crippen LogP contribution in [0.2, 0.25) is 0 Å². The van der Waals surface area contributed by atoms with Gasteiger partial charge in [0.15, 0.2) is 9.84 Å². The van der Waals surface area contributed by atoms with Gasteiger partial charge >= 0.3 is 0 Å². The number of nitrogens with zero attached hydrogens (tertiary/aromatic N) is 1. The maximum absolute atomic E-state index is 12.4. The Morgan fingerprint density at radius 2 is 1.91 bits per heavy atom. The number of hydrogen-bond acceptors (Lipinski definition) is 4. The van der Waals surface area contributed by atoms with Crippen molar-refractivity contribution in [3.8, 4) is 0 Å². The van der Waals surface area contributed by atoms with Crippen LogP contribution in [0.1, 0.15) is 19.3 Å². The lowest BCUT2D eigenvalue weighted by Gasteiger charge is -2.33. The third-order valence-corrected chi connectivity index (χ3v) is 5.65. The van der Waals surface area contributed by atoms with Crippen molar-refractivity contribution in [1.29, 1.82) is 0 Å². The molecule has 0 aromatic heterocycles. The van der Waals surface area contributed by atoms with Gasteiger partial charge in [-0.1, -0.05) is 6.07 Å². The number of carbonyl (C=O) groups excluding carboxylic acids is 1. The van der Waals surface area contributed by atoms with E-state index in [2.05, 4.69) is 5.32 Å². The molecule has 0 bridgehead atoms. The molecule has 0 radical (unpaired) electrons. The van der Waals surface area contributed by atoms with Crippen LogP contribution in [0, 0.1) is 5.41 Å². The van der Waals surface area contributed by atoms with Gasteiger partial charge in [-0.05, 0) is 49.5 Å². The number of sulfone groups is 1. The lowest BCUT2D eigenvalue weighted by molar-refractivity contribution is -0.117. The van der Waals surface area contributed by atoms with Gasteiger partial charge in [0.25, 0.3) is 0 Å². The van der Waals surface area contributed by atoms with Crippen molar-refractivity contribution >= 4 is 33.8 Å². The molecule has 0 aliphatic carbocycles. The topological polar surface area (TPSA) is 66.5 Å². The summed E-state index contributed by atoms with van der Waals surface area (Å²) in [6, 6.07) is 6.69. The van der Waals surface area contributed by atoms with Crippen molar-refractivity contribution in [3.63, 3.8) is 0 Å². The third-order valence-electron chi connectivity index (χ3n) is 4.54. The number of amides is 1. The number of hydrogen-bond donors (Lipinski definition) is 1. The van der Waals surface area contributed by atoms with E-state index in [1.54, 1.807) is 23.1 Å². The van der Waals surface area contributed by atoms with Crippen LogP contribution in [0.25, 0.3) is 0 Å². The molecule has 2 aliphatic heterocycles. The van der Waals surface area contributed by atoms with E-state index in [1.165, 1.54) is 6.26 Å². The van der Waals surface area contributed by atoms with Crippen molar-refractivity contribution < 1.29 is 13.2 Å². The average Bonchev–Trinajstić information content (AvgIpc) is 2.75. The van der Waals surface area contributed by atoms with Crippen molar-refractivity contribution in [2.75, 3.05) is 30.8 Å². The number of piperidine rings is 1. The number of benzene rings is 1. The van der Waals surface area contributed by atoms with Crippen molar-refractivity contribution in [2.24, 2.45) is 5.41 Å². The Hall–Kier alpha value is -1.11. The first-order valence-electron chi connectivity index (χ1n) is 7.21. The second kappa shape index (κ2) is 6.18. The van der Waals surface area contributed by atoms with Gasteiger partial charge in [-0.3, -0.25) is 4.79 Å². The molecule has 0 atom stereocenters. The molecule has 2 aliphatic rings. The molecular formula is C15H21ClN2O3S. The van der Waals surface area contributed by atoms with Crippen LogP contribution in [0.4, 0.5) is 5.69 Å². The molecule has 2 saturated heterocycles. The number of nitrogens with one attached hydrogen (secondary N) is 1. The number of carbonyl (C=O) groups is 1. The monoisotopic (exact) mass is 344 g/mol. The van der Waals surface area contributed by atoms with Crippen LogP contribution in [-0.2, 0) is 14.6 Å². The van der Waals surface area contributed by atoms with Crippen molar-refractivity contribution in [1.82, 2.24) is 5.32 Å². The van der Waals surface area contributed by atoms with Crippen molar-refractivity contribution in [2.45, 2.75) is 24.2 Å². The second-order valence-electron chi connectivity index (χ2n) is 6.18. The Labute approximate surface area is 137 Å². The Morgan fingerprint density at radius 1 is 1.23 bits per heavy atom. The van der Waals surface area contributed by atoms with E-state index in [0.717, 1.165) is 25.9 Å². The minimum absolute atomic E-state index is 0. The number of anilines is 1. The molecule has 1 N–H and O–H groups in total. The first-order valence-corrected chi connectivity index (χ1v) is 9.10. The molecule has 1 aromatic rings. The average molecular weight is 345 g/mol. The van der Waals surface area contributed by atoms with Gasteiger partial charge in [0.2, 0.25) is 5.91 Å². The molecule has 1 spiro atoms. The molecule has 7 heteroatoms. The molecule has 22 heavy (non-hydrogen) atoms. The zero-order valence-electron chi connectivity index (χ0n) is 12.5. The summed E-state index contributed by atoms with van der Waals surface area (Å²) in [5.41, 5.74) is 0.752. The van der Waals surface area contributed by atoms with Gasteiger partial charge in [0, 0.05) is 24.9 Å². The summed E-state index contributed by atoms with van der Waals surface area (Å²) in [5.74, 6) is 0.0996. The van der Waals surface area contributed by atoms with E-state index in [9.17, 15) is 13.2 Å². The highest BCUT2D eigenvalue weighted by atomic mass is 35.5. The smallest absolute Gasteiger partial charge is 0.227 e. The summed E-state index contributed by atoms with van der Waals surface area (Å²) in [6.45, 7) is 2.59. The first-order chi connectivity index (χ1) is 9.90. The van der Waals surface area contributed by atoms with E-state index in [1.807, 2.05) is 6.07 Å². The predicted octanol–water partition coefficient (Wildman–Crippen LogP) is 1.62. The quantitative estimate of drug-likeness (QED) is 0.885. The summed E-state index contributed by atoms with van der Waals surface area (Å²) < 4.78 is 23.3. The Kier molecular flexibility index (Phi) is 4.84. The van der Waals surface area contributed by atoms with Gasteiger partial charge < -0.3 is 10.2 Å². The summed E-state index contributed by atoms with van der Waals surface area (Å²) in [4.78, 5) is 14.4. The zero-order chi connectivity index (χ0) is 15.1. The SMILES string of the molecule is CS(=O)(=O)c1cccc(N2CC3(CCNCC3)CC2=O)c1.Cl. The van der Waals surface area contributed by atoms with Gasteiger partial charge in [-0.2, -0.15) is 0 Å². The lowest BCUT2D eigenvalue weighted by atomic mass is 9.78. The molecule has 1 amide bonds. The number of rotatable bonds is 2. The summed E-state index contributed by atoms with van der Waals surface area (Å²) in [7, 11) is -3.25. The number of halogens is 1. The van der Waals surface area contributed by atoms with E-state index < -0.39 is 9.84 Å². The van der Waals surface area contributed by atoms with Crippen LogP contribution < -0.4 is 10.2 Å². The van der Waals surface area contributed by atoms with Crippen LogP contribution in [0.5, 0.6) is 0 Å². The molecule has 1 aromatic carbocycles. The van der Waals surface area contributed by atoms with Gasteiger partial charge in [-0.15, -0.1) is 12.4 Å². The molecule has 2 fully saturated rings. The van der Waals surface area contributed by atoms with Gasteiger partial charge in [0.1, 0.15) is 0 Å². The van der Waals surface area contributed by atoms with Gasteiger partial charge in [-0.25, -0.2) is 8.42 Å². The lowest BCUT2D eigenvalue weighted by Crippen LogP contribution is -2.38. The molecule has 5 nitrogen and oxygen atoms in total. The fourth-order valence-electron chi connectivity index (χ4n) is 3.31. The second-order valence-corrected chi connectivity index (χ2v) is 8.19. The van der Waals surface area contributed by atoms with Crippen LogP contribution in [0.3, 0.4) is 0 Å². The van der Waals surface area contributed by atoms with Crippen LogP contribution in [0.15, 0.2) is 29.2 Å². The molecule has 0 unspecified atom stereocenters. The minimum atomic E-state index is -3.25. The fourth-order valence-corrected chi connectivity index (χ4v) is 3.97. The molecule has 0 saturated carbocycles. The Balaban J connectivity index is 0.00000176. The van der Waals surface area contributed by atoms with Crippen LogP contribution in [-0.4, -0.2) is 40.2 Å². The minimum Gasteiger partial charge on any atom is -0.317 e. The standard InChI is InChI=1S/C15H20N2O3S.ClH/c1-21(19,20)13-4-2-3-12(9-13)17-11-15(10-14(17)18)5-7-16-8-6-15;/h2-4,9,16H,5-8,10-11H2,1H3;1H. The first kappa shape index (κ1) is 17.2. The summed E-state index contributed by atoms with van der Waals surface area (Å²) >= 11 is 0.